The van der Waals surface area contributed by atoms with E-state index in [4.69, 9.17) is 4.74 Å². The molecule has 0 N–H and O–H groups in total. The Bertz CT molecular complexity index is 673. The number of likely N-dealkylation sites (tertiary alicyclic amines) is 1. The van der Waals surface area contributed by atoms with Crippen LogP contribution in [0.2, 0.25) is 0 Å². The predicted octanol–water partition coefficient (Wildman–Crippen LogP) is 1.54. The van der Waals surface area contributed by atoms with E-state index in [0.29, 0.717) is 12.0 Å². The maximum absolute atomic E-state index is 6.23. The van der Waals surface area contributed by atoms with Crippen molar-refractivity contribution in [1.29, 1.82) is 0 Å². The molecule has 4 heterocycles. The molecule has 134 valence electrons. The number of nitrogens with zero attached hydrogens (tertiary/aromatic N) is 5. The van der Waals surface area contributed by atoms with Gasteiger partial charge in [-0.25, -0.2) is 0 Å². The Balaban J connectivity index is 1.34. The number of ether oxygens (including phenoxy) is 1. The van der Waals surface area contributed by atoms with Crippen molar-refractivity contribution in [3.05, 3.63) is 48.0 Å². The molecule has 25 heavy (non-hydrogen) atoms. The fourth-order valence-electron chi connectivity index (χ4n) is 4.03. The van der Waals surface area contributed by atoms with Crippen LogP contribution in [0.4, 0.5) is 0 Å². The summed E-state index contributed by atoms with van der Waals surface area (Å²) in [4.78, 5) is 9.27. The van der Waals surface area contributed by atoms with E-state index in [0.717, 1.165) is 45.9 Å². The third-order valence-corrected chi connectivity index (χ3v) is 5.31. The predicted molar refractivity (Wildman–Crippen MR) is 95.8 cm³/mol. The van der Waals surface area contributed by atoms with Crippen LogP contribution >= 0.6 is 0 Å². The van der Waals surface area contributed by atoms with Gasteiger partial charge >= 0.3 is 0 Å². The molecule has 6 heteroatoms. The van der Waals surface area contributed by atoms with Crippen LogP contribution in [0.3, 0.4) is 0 Å². The van der Waals surface area contributed by atoms with E-state index in [1.165, 1.54) is 17.5 Å². The van der Waals surface area contributed by atoms with Gasteiger partial charge < -0.3 is 4.74 Å². The van der Waals surface area contributed by atoms with Gasteiger partial charge in [-0.1, -0.05) is 6.07 Å². The molecule has 2 aromatic rings. The molecule has 0 saturated carbocycles. The standard InChI is InChI=1S/C19H27N5O/c1-22-11-17(10-21-22)13-23-6-4-18-14-24(7-8-25-19(18)15-23)12-16-3-2-5-20-9-16/h2-3,5,9-11,18-19H,4,6-8,12-15H2,1H3/t18-,19-/m0/s1. The molecule has 0 radical (unpaired) electrons. The summed E-state index contributed by atoms with van der Waals surface area (Å²) >= 11 is 0. The minimum atomic E-state index is 0.351. The average Bonchev–Trinajstić information content (AvgIpc) is 2.91. The summed E-state index contributed by atoms with van der Waals surface area (Å²) < 4.78 is 8.10. The third kappa shape index (κ3) is 4.26. The number of piperidine rings is 1. The Morgan fingerprint density at radius 3 is 2.80 bits per heavy atom. The van der Waals surface area contributed by atoms with Gasteiger partial charge in [-0.3, -0.25) is 19.5 Å². The first kappa shape index (κ1) is 16.7. The van der Waals surface area contributed by atoms with Crippen molar-refractivity contribution < 1.29 is 4.74 Å². The second-order valence-electron chi connectivity index (χ2n) is 7.31. The molecule has 4 rings (SSSR count). The van der Waals surface area contributed by atoms with Gasteiger partial charge in [0, 0.05) is 69.8 Å². The molecule has 0 bridgehead atoms. The average molecular weight is 341 g/mol. The van der Waals surface area contributed by atoms with E-state index in [-0.39, 0.29) is 0 Å². The van der Waals surface area contributed by atoms with E-state index in [2.05, 4.69) is 32.1 Å². The Labute approximate surface area is 149 Å². The molecule has 2 aliphatic heterocycles. The second kappa shape index (κ2) is 7.64. The summed E-state index contributed by atoms with van der Waals surface area (Å²) in [5.41, 5.74) is 2.57. The molecular formula is C19H27N5O. The zero-order chi connectivity index (χ0) is 17.1. The van der Waals surface area contributed by atoms with Crippen molar-refractivity contribution in [2.24, 2.45) is 13.0 Å². The maximum atomic E-state index is 6.23. The minimum Gasteiger partial charge on any atom is -0.375 e. The van der Waals surface area contributed by atoms with E-state index < -0.39 is 0 Å². The molecule has 2 atom stereocenters. The van der Waals surface area contributed by atoms with Gasteiger partial charge in [-0.15, -0.1) is 0 Å². The molecule has 6 nitrogen and oxygen atoms in total. The number of fused-ring (bicyclic) bond motifs is 1. The molecule has 0 amide bonds. The molecule has 0 unspecified atom stereocenters. The first-order valence-corrected chi connectivity index (χ1v) is 9.19. The van der Waals surface area contributed by atoms with Crippen LogP contribution in [-0.4, -0.2) is 63.5 Å². The van der Waals surface area contributed by atoms with Crippen LogP contribution in [0.25, 0.3) is 0 Å². The lowest BCUT2D eigenvalue weighted by atomic mass is 9.93. The van der Waals surface area contributed by atoms with E-state index in [1.54, 1.807) is 0 Å². The second-order valence-corrected chi connectivity index (χ2v) is 7.31. The monoisotopic (exact) mass is 341 g/mol. The fourth-order valence-corrected chi connectivity index (χ4v) is 4.03. The highest BCUT2D eigenvalue weighted by molar-refractivity contribution is 5.08. The Hall–Kier alpha value is -1.76. The van der Waals surface area contributed by atoms with Crippen molar-refractivity contribution in [2.45, 2.75) is 25.6 Å². The van der Waals surface area contributed by atoms with Gasteiger partial charge in [0.1, 0.15) is 0 Å². The lowest BCUT2D eigenvalue weighted by Crippen LogP contribution is -2.46. The zero-order valence-corrected chi connectivity index (χ0v) is 14.9. The molecular weight excluding hydrogens is 314 g/mol. The summed E-state index contributed by atoms with van der Waals surface area (Å²) in [5, 5.41) is 4.28. The van der Waals surface area contributed by atoms with Crippen LogP contribution in [0.5, 0.6) is 0 Å². The van der Waals surface area contributed by atoms with Gasteiger partial charge in [0.15, 0.2) is 0 Å². The van der Waals surface area contributed by atoms with Crippen LogP contribution in [0, 0.1) is 5.92 Å². The number of hydrogen-bond donors (Lipinski definition) is 0. The lowest BCUT2D eigenvalue weighted by molar-refractivity contribution is -0.0242. The summed E-state index contributed by atoms with van der Waals surface area (Å²) in [6.45, 7) is 7.06. The van der Waals surface area contributed by atoms with Crippen LogP contribution in [0.1, 0.15) is 17.5 Å². The highest BCUT2D eigenvalue weighted by Crippen LogP contribution is 2.25. The normalized spacial score (nSPS) is 25.5. The van der Waals surface area contributed by atoms with E-state index >= 15 is 0 Å². The number of pyridine rings is 1. The van der Waals surface area contributed by atoms with Crippen molar-refractivity contribution in [2.75, 3.05) is 32.8 Å². The first-order valence-electron chi connectivity index (χ1n) is 9.19. The van der Waals surface area contributed by atoms with E-state index in [9.17, 15) is 0 Å². The molecule has 0 aromatic carbocycles. The minimum absolute atomic E-state index is 0.351. The van der Waals surface area contributed by atoms with Gasteiger partial charge in [0.2, 0.25) is 0 Å². The Kier molecular flexibility index (Phi) is 5.10. The summed E-state index contributed by atoms with van der Waals surface area (Å²) in [6.07, 6.45) is 9.44. The summed E-state index contributed by atoms with van der Waals surface area (Å²) in [6, 6.07) is 4.18. The van der Waals surface area contributed by atoms with Crippen molar-refractivity contribution in [3.63, 3.8) is 0 Å². The molecule has 2 aromatic heterocycles. The van der Waals surface area contributed by atoms with Gasteiger partial charge in [-0.2, -0.15) is 5.10 Å². The number of rotatable bonds is 4. The highest BCUT2D eigenvalue weighted by atomic mass is 16.5. The molecule has 2 saturated heterocycles. The smallest absolute Gasteiger partial charge is 0.0743 e. The number of aryl methyl sites for hydroxylation is 1. The van der Waals surface area contributed by atoms with Crippen molar-refractivity contribution >= 4 is 0 Å². The fraction of sp³-hybridized carbons (Fsp3) is 0.579. The van der Waals surface area contributed by atoms with Gasteiger partial charge in [0.25, 0.3) is 0 Å². The Morgan fingerprint density at radius 1 is 1.12 bits per heavy atom. The van der Waals surface area contributed by atoms with Crippen LogP contribution < -0.4 is 0 Å². The zero-order valence-electron chi connectivity index (χ0n) is 14.9. The summed E-state index contributed by atoms with van der Waals surface area (Å²) in [5.74, 6) is 0.629. The SMILES string of the molecule is Cn1cc(CN2CC[C@H]3CN(Cc4cccnc4)CCO[C@H]3C2)cn1. The molecule has 2 fully saturated rings. The topological polar surface area (TPSA) is 46.4 Å². The Morgan fingerprint density at radius 2 is 2.00 bits per heavy atom. The first-order chi connectivity index (χ1) is 12.3. The van der Waals surface area contributed by atoms with Crippen molar-refractivity contribution in [3.8, 4) is 0 Å². The number of hydrogen-bond acceptors (Lipinski definition) is 5. The molecule has 0 spiro atoms. The van der Waals surface area contributed by atoms with Crippen molar-refractivity contribution in [1.82, 2.24) is 24.6 Å². The largest absolute Gasteiger partial charge is 0.375 e. The highest BCUT2D eigenvalue weighted by Gasteiger charge is 2.33. The quantitative estimate of drug-likeness (QED) is 0.844. The lowest BCUT2D eigenvalue weighted by Gasteiger charge is -2.37. The van der Waals surface area contributed by atoms with Gasteiger partial charge in [0.05, 0.1) is 18.9 Å². The molecule has 0 aliphatic carbocycles. The number of aromatic nitrogens is 3. The summed E-state index contributed by atoms with van der Waals surface area (Å²) in [7, 11) is 1.97. The molecule has 2 aliphatic rings. The van der Waals surface area contributed by atoms with Gasteiger partial charge in [-0.05, 0) is 24.6 Å². The van der Waals surface area contributed by atoms with Crippen LogP contribution in [-0.2, 0) is 24.9 Å². The van der Waals surface area contributed by atoms with E-state index in [1.807, 2.05) is 36.4 Å². The maximum Gasteiger partial charge on any atom is 0.0743 e. The van der Waals surface area contributed by atoms with Crippen LogP contribution in [0.15, 0.2) is 36.9 Å². The third-order valence-electron chi connectivity index (χ3n) is 5.31.